The third kappa shape index (κ3) is 4.61. The van der Waals surface area contributed by atoms with Gasteiger partial charge in [0.2, 0.25) is 0 Å². The number of hydrogen-bond donors (Lipinski definition) is 1. The monoisotopic (exact) mass is 289 g/mol. The maximum Gasteiger partial charge on any atom is 0.257 e. The van der Waals surface area contributed by atoms with E-state index in [-0.39, 0.29) is 12.5 Å². The first kappa shape index (κ1) is 13.0. The smallest absolute Gasteiger partial charge is 0.257 e. The molecule has 0 saturated carbocycles. The molecule has 88 valence electrons. The molecule has 1 aromatic carbocycles. The normalized spacial score (nSPS) is 9.94. The summed E-state index contributed by atoms with van der Waals surface area (Å²) in [6.45, 7) is 2.48. The van der Waals surface area contributed by atoms with Crippen molar-refractivity contribution in [3.8, 4) is 5.75 Å². The molecule has 1 N–H and O–H groups in total. The Bertz CT molecular complexity index is 351. The zero-order valence-electron chi connectivity index (χ0n) is 8.93. The number of nitrogens with one attached hydrogen (secondary N) is 1. The van der Waals surface area contributed by atoms with E-state index in [1.807, 2.05) is 6.92 Å². The Morgan fingerprint density at radius 1 is 1.50 bits per heavy atom. The molecule has 1 rings (SSSR count). The minimum Gasteiger partial charge on any atom is -0.484 e. The second kappa shape index (κ2) is 6.48. The molecular formula is C11H13BrFNO2. The van der Waals surface area contributed by atoms with Crippen LogP contribution in [0.1, 0.15) is 13.3 Å². The van der Waals surface area contributed by atoms with Crippen LogP contribution in [-0.4, -0.2) is 19.1 Å². The van der Waals surface area contributed by atoms with E-state index in [4.69, 9.17) is 4.74 Å². The highest BCUT2D eigenvalue weighted by Gasteiger charge is 2.03. The van der Waals surface area contributed by atoms with E-state index in [0.29, 0.717) is 16.8 Å². The lowest BCUT2D eigenvalue weighted by Crippen LogP contribution is -2.29. The van der Waals surface area contributed by atoms with E-state index in [1.54, 1.807) is 6.07 Å². The van der Waals surface area contributed by atoms with Crippen molar-refractivity contribution in [2.24, 2.45) is 0 Å². The van der Waals surface area contributed by atoms with Gasteiger partial charge in [0.15, 0.2) is 6.61 Å². The molecule has 0 aromatic heterocycles. The summed E-state index contributed by atoms with van der Waals surface area (Å²) in [7, 11) is 0. The first-order valence-corrected chi connectivity index (χ1v) is 5.76. The molecule has 0 atom stereocenters. The van der Waals surface area contributed by atoms with Crippen molar-refractivity contribution in [1.29, 1.82) is 0 Å². The minimum atomic E-state index is -0.404. The van der Waals surface area contributed by atoms with E-state index in [0.717, 1.165) is 6.42 Å². The fourth-order valence-corrected chi connectivity index (χ4v) is 1.52. The van der Waals surface area contributed by atoms with Gasteiger partial charge in [-0.2, -0.15) is 0 Å². The summed E-state index contributed by atoms with van der Waals surface area (Å²) >= 11 is 3.14. The van der Waals surface area contributed by atoms with E-state index in [9.17, 15) is 9.18 Å². The highest BCUT2D eigenvalue weighted by atomic mass is 79.9. The summed E-state index contributed by atoms with van der Waals surface area (Å²) in [5.74, 6) is -0.279. The lowest BCUT2D eigenvalue weighted by atomic mass is 10.3. The topological polar surface area (TPSA) is 38.3 Å². The van der Waals surface area contributed by atoms with Gasteiger partial charge >= 0.3 is 0 Å². The van der Waals surface area contributed by atoms with Crippen molar-refractivity contribution >= 4 is 21.8 Å². The molecule has 0 fully saturated rings. The quantitative estimate of drug-likeness (QED) is 0.904. The van der Waals surface area contributed by atoms with Crippen molar-refractivity contribution in [1.82, 2.24) is 5.32 Å². The summed E-state index contributed by atoms with van der Waals surface area (Å²) < 4.78 is 18.7. The fourth-order valence-electron chi connectivity index (χ4n) is 1.08. The van der Waals surface area contributed by atoms with Gasteiger partial charge in [0, 0.05) is 17.1 Å². The van der Waals surface area contributed by atoms with E-state index >= 15 is 0 Å². The van der Waals surface area contributed by atoms with E-state index in [2.05, 4.69) is 21.2 Å². The van der Waals surface area contributed by atoms with Crippen LogP contribution in [0.5, 0.6) is 5.75 Å². The maximum absolute atomic E-state index is 12.9. The second-order valence-corrected chi connectivity index (χ2v) is 4.16. The average molecular weight is 290 g/mol. The zero-order valence-corrected chi connectivity index (χ0v) is 10.5. The fraction of sp³-hybridized carbons (Fsp3) is 0.364. The Hall–Kier alpha value is -1.10. The van der Waals surface area contributed by atoms with Crippen molar-refractivity contribution in [2.45, 2.75) is 13.3 Å². The molecule has 1 amide bonds. The van der Waals surface area contributed by atoms with Crippen molar-refractivity contribution < 1.29 is 13.9 Å². The number of benzene rings is 1. The van der Waals surface area contributed by atoms with Crippen LogP contribution in [0, 0.1) is 5.82 Å². The summed E-state index contributed by atoms with van der Waals surface area (Å²) in [5, 5.41) is 2.66. The van der Waals surface area contributed by atoms with Crippen LogP contribution >= 0.6 is 15.9 Å². The lowest BCUT2D eigenvalue weighted by molar-refractivity contribution is -0.123. The molecule has 3 nitrogen and oxygen atoms in total. The van der Waals surface area contributed by atoms with Gasteiger partial charge in [-0.3, -0.25) is 4.79 Å². The van der Waals surface area contributed by atoms with Crippen molar-refractivity contribution in [2.75, 3.05) is 13.2 Å². The number of carbonyl (C=O) groups is 1. The van der Waals surface area contributed by atoms with Gasteiger partial charge in [0.25, 0.3) is 5.91 Å². The van der Waals surface area contributed by atoms with Crippen LogP contribution in [0.2, 0.25) is 0 Å². The summed E-state index contributed by atoms with van der Waals surface area (Å²) in [6.07, 6.45) is 0.872. The molecule has 0 unspecified atom stereocenters. The van der Waals surface area contributed by atoms with Gasteiger partial charge in [0.1, 0.15) is 11.6 Å². The summed E-state index contributed by atoms with van der Waals surface area (Å²) in [4.78, 5) is 11.2. The predicted octanol–water partition coefficient (Wildman–Crippen LogP) is 2.49. The van der Waals surface area contributed by atoms with Crippen LogP contribution < -0.4 is 10.1 Å². The van der Waals surface area contributed by atoms with Crippen molar-refractivity contribution in [3.05, 3.63) is 28.5 Å². The van der Waals surface area contributed by atoms with Crippen LogP contribution in [-0.2, 0) is 4.79 Å². The molecule has 0 radical (unpaired) electrons. The van der Waals surface area contributed by atoms with E-state index < -0.39 is 5.82 Å². The largest absolute Gasteiger partial charge is 0.484 e. The van der Waals surface area contributed by atoms with Gasteiger partial charge < -0.3 is 10.1 Å². The predicted molar refractivity (Wildman–Crippen MR) is 62.9 cm³/mol. The number of amides is 1. The molecule has 5 heteroatoms. The molecule has 0 spiro atoms. The maximum atomic E-state index is 12.9. The minimum absolute atomic E-state index is 0.101. The molecule has 0 bridgehead atoms. The molecule has 0 aliphatic carbocycles. The summed E-state index contributed by atoms with van der Waals surface area (Å²) in [5.41, 5.74) is 0. The molecule has 0 heterocycles. The van der Waals surface area contributed by atoms with Crippen LogP contribution in [0.4, 0.5) is 4.39 Å². The van der Waals surface area contributed by atoms with Gasteiger partial charge in [0.05, 0.1) is 0 Å². The van der Waals surface area contributed by atoms with Crippen LogP contribution in [0.15, 0.2) is 22.7 Å². The Morgan fingerprint density at radius 3 is 2.88 bits per heavy atom. The summed E-state index contributed by atoms with van der Waals surface area (Å²) in [6, 6.07) is 4.16. The number of rotatable bonds is 5. The lowest BCUT2D eigenvalue weighted by Gasteiger charge is -2.07. The molecule has 0 aliphatic rings. The zero-order chi connectivity index (χ0) is 12.0. The number of carbonyl (C=O) groups excluding carboxylic acids is 1. The second-order valence-electron chi connectivity index (χ2n) is 3.24. The number of ether oxygens (including phenoxy) is 1. The molecule has 0 aliphatic heterocycles. The average Bonchev–Trinajstić information content (AvgIpc) is 2.22. The Morgan fingerprint density at radius 2 is 2.25 bits per heavy atom. The van der Waals surface area contributed by atoms with E-state index in [1.165, 1.54) is 12.1 Å². The van der Waals surface area contributed by atoms with Gasteiger partial charge in [-0.15, -0.1) is 0 Å². The standard InChI is InChI=1S/C11H13BrFNO2/c1-2-3-14-11(15)7-16-10-5-8(12)4-9(13)6-10/h4-6H,2-3,7H2,1H3,(H,14,15). The molecule has 16 heavy (non-hydrogen) atoms. The molecule has 0 saturated heterocycles. The third-order valence-electron chi connectivity index (χ3n) is 1.78. The first-order chi connectivity index (χ1) is 7.61. The highest BCUT2D eigenvalue weighted by molar-refractivity contribution is 9.10. The first-order valence-electron chi connectivity index (χ1n) is 4.97. The van der Waals surface area contributed by atoms with Crippen LogP contribution in [0.25, 0.3) is 0 Å². The SMILES string of the molecule is CCCNC(=O)COc1cc(F)cc(Br)c1. The van der Waals surface area contributed by atoms with Gasteiger partial charge in [-0.1, -0.05) is 22.9 Å². The number of hydrogen-bond acceptors (Lipinski definition) is 2. The van der Waals surface area contributed by atoms with Gasteiger partial charge in [-0.05, 0) is 18.6 Å². The highest BCUT2D eigenvalue weighted by Crippen LogP contribution is 2.20. The molecule has 1 aromatic rings. The third-order valence-corrected chi connectivity index (χ3v) is 2.24. The Labute approximate surface area is 102 Å². The van der Waals surface area contributed by atoms with Crippen molar-refractivity contribution in [3.63, 3.8) is 0 Å². The molecular weight excluding hydrogens is 277 g/mol. The Balaban J connectivity index is 2.45. The van der Waals surface area contributed by atoms with Crippen LogP contribution in [0.3, 0.4) is 0 Å². The van der Waals surface area contributed by atoms with Gasteiger partial charge in [-0.25, -0.2) is 4.39 Å². The Kier molecular flexibility index (Phi) is 5.25. The number of halogens is 2.